The van der Waals surface area contributed by atoms with Crippen molar-refractivity contribution < 1.29 is 0 Å². The van der Waals surface area contributed by atoms with E-state index in [2.05, 4.69) is 26.0 Å². The molecule has 48 valence electrons. The van der Waals surface area contributed by atoms with E-state index >= 15 is 0 Å². The first-order valence-electron chi connectivity index (χ1n) is 3.53. The Morgan fingerprint density at radius 2 is 2.25 bits per heavy atom. The normalized spacial score (nSPS) is 12.2. The van der Waals surface area contributed by atoms with Crippen LogP contribution in [0.4, 0.5) is 0 Å². The molecule has 0 N–H and O–H groups in total. The molecule has 0 aromatic rings. The summed E-state index contributed by atoms with van der Waals surface area (Å²) < 4.78 is 0. The van der Waals surface area contributed by atoms with Crippen molar-refractivity contribution in [2.45, 2.75) is 32.4 Å². The Kier molecular flexibility index (Phi) is 6.92. The molecule has 0 aliphatic carbocycles. The zero-order valence-corrected chi connectivity index (χ0v) is 7.40. The second kappa shape index (κ2) is 6.96. The van der Waals surface area contributed by atoms with Gasteiger partial charge in [0.1, 0.15) is 0 Å². The summed E-state index contributed by atoms with van der Waals surface area (Å²) in [4.78, 5) is 0. The summed E-state index contributed by atoms with van der Waals surface area (Å²) in [7, 11) is 0.350. The summed E-state index contributed by atoms with van der Waals surface area (Å²) in [6.07, 6.45) is 5.74. The zero-order chi connectivity index (χ0) is 6.24. The third-order valence-corrected chi connectivity index (χ3v) is 2.83. The molecule has 0 aliphatic rings. The molecule has 0 atom stereocenters. The van der Waals surface area contributed by atoms with Gasteiger partial charge >= 0.3 is 0 Å². The lowest BCUT2D eigenvalue weighted by Gasteiger charge is -1.87. The first-order valence-corrected chi connectivity index (χ1v) is 5.53. The van der Waals surface area contributed by atoms with Crippen LogP contribution < -0.4 is 0 Å². The van der Waals surface area contributed by atoms with Gasteiger partial charge in [-0.3, -0.25) is 0 Å². The number of hydrogen-bond donors (Lipinski definition) is 0. The lowest BCUT2D eigenvalue weighted by molar-refractivity contribution is 1.18. The molecule has 0 amide bonds. The topological polar surface area (TPSA) is 0 Å². The summed E-state index contributed by atoms with van der Waals surface area (Å²) in [5.41, 5.74) is 0. The average molecular weight is 128 g/mol. The molecule has 0 aliphatic heterocycles. The lowest BCUT2D eigenvalue weighted by Crippen LogP contribution is -1.81. The molecule has 0 rings (SSSR count). The molecular weight excluding hydrogens is 112 g/mol. The largest absolute Gasteiger partial charge is 0.0917 e. The maximum Gasteiger partial charge on any atom is 0.0198 e. The fraction of sp³-hybridized carbons (Fsp3) is 0.714. The average Bonchev–Trinajstić information content (AvgIpc) is 1.81. The molecule has 0 nitrogen and oxygen atoms in total. The summed E-state index contributed by atoms with van der Waals surface area (Å²) in [5, 5.41) is 0. The van der Waals surface area contributed by atoms with E-state index in [1.165, 1.54) is 18.5 Å². The summed E-state index contributed by atoms with van der Waals surface area (Å²) in [6.45, 7) is 4.38. The second-order valence-electron chi connectivity index (χ2n) is 2.06. The van der Waals surface area contributed by atoms with Crippen LogP contribution in [-0.4, -0.2) is 9.52 Å². The second-order valence-corrected chi connectivity index (χ2v) is 4.48. The van der Waals surface area contributed by atoms with Crippen LogP contribution in [0.25, 0.3) is 0 Å². The monoisotopic (exact) mass is 128 g/mol. The standard InChI is InChI=1S/C7H16Si/c1-3-5-6-7-8-4-2/h3,5H,4,6-8H2,1-2H3. The van der Waals surface area contributed by atoms with Gasteiger partial charge in [0.2, 0.25) is 0 Å². The smallest absolute Gasteiger partial charge is 0.0198 e. The quantitative estimate of drug-likeness (QED) is 0.308. The van der Waals surface area contributed by atoms with Crippen molar-refractivity contribution in [1.82, 2.24) is 0 Å². The van der Waals surface area contributed by atoms with Crippen LogP contribution >= 0.6 is 0 Å². The Bertz CT molecular complexity index is 57.4. The predicted octanol–water partition coefficient (Wildman–Crippen LogP) is 1.98. The summed E-state index contributed by atoms with van der Waals surface area (Å²) in [5.74, 6) is 0. The highest BCUT2D eigenvalue weighted by atomic mass is 28.2. The minimum atomic E-state index is 0.350. The van der Waals surface area contributed by atoms with Crippen molar-refractivity contribution in [2.75, 3.05) is 0 Å². The fourth-order valence-electron chi connectivity index (χ4n) is 0.679. The molecular formula is C7H16Si. The van der Waals surface area contributed by atoms with E-state index in [0.29, 0.717) is 9.52 Å². The highest BCUT2D eigenvalue weighted by Gasteiger charge is 1.79. The van der Waals surface area contributed by atoms with Crippen LogP contribution in [0.1, 0.15) is 20.3 Å². The molecule has 0 spiro atoms. The molecule has 0 aromatic carbocycles. The van der Waals surface area contributed by atoms with Crippen LogP contribution in [0, 0.1) is 0 Å². The molecule has 0 bridgehead atoms. The van der Waals surface area contributed by atoms with E-state index in [-0.39, 0.29) is 0 Å². The Hall–Kier alpha value is -0.0431. The molecule has 0 fully saturated rings. The van der Waals surface area contributed by atoms with E-state index in [4.69, 9.17) is 0 Å². The Morgan fingerprint density at radius 3 is 2.75 bits per heavy atom. The third kappa shape index (κ3) is 5.96. The van der Waals surface area contributed by atoms with Gasteiger partial charge in [-0.2, -0.15) is 0 Å². The van der Waals surface area contributed by atoms with Gasteiger partial charge in [0.05, 0.1) is 0 Å². The van der Waals surface area contributed by atoms with Gasteiger partial charge in [-0.25, -0.2) is 0 Å². The minimum absolute atomic E-state index is 0.350. The Balaban J connectivity index is 2.72. The van der Waals surface area contributed by atoms with E-state index in [0.717, 1.165) is 0 Å². The van der Waals surface area contributed by atoms with Crippen molar-refractivity contribution in [1.29, 1.82) is 0 Å². The van der Waals surface area contributed by atoms with Crippen LogP contribution in [0.2, 0.25) is 12.1 Å². The molecule has 8 heavy (non-hydrogen) atoms. The molecule has 0 aromatic heterocycles. The van der Waals surface area contributed by atoms with E-state index in [1.807, 2.05) is 0 Å². The maximum atomic E-state index is 2.29. The van der Waals surface area contributed by atoms with Crippen molar-refractivity contribution >= 4 is 9.52 Å². The van der Waals surface area contributed by atoms with Gasteiger partial charge in [-0.1, -0.05) is 31.2 Å². The van der Waals surface area contributed by atoms with Crippen molar-refractivity contribution in [2.24, 2.45) is 0 Å². The van der Waals surface area contributed by atoms with Gasteiger partial charge < -0.3 is 0 Å². The fourth-order valence-corrected chi connectivity index (χ4v) is 1.70. The SMILES string of the molecule is CC=CCC[SiH2]CC. The molecule has 0 heterocycles. The van der Waals surface area contributed by atoms with Crippen molar-refractivity contribution in [3.63, 3.8) is 0 Å². The summed E-state index contributed by atoms with van der Waals surface area (Å²) >= 11 is 0. The van der Waals surface area contributed by atoms with Gasteiger partial charge in [0.25, 0.3) is 0 Å². The van der Waals surface area contributed by atoms with Gasteiger partial charge in [0, 0.05) is 9.52 Å². The van der Waals surface area contributed by atoms with E-state index in [1.54, 1.807) is 0 Å². The highest BCUT2D eigenvalue weighted by Crippen LogP contribution is 1.91. The van der Waals surface area contributed by atoms with Gasteiger partial charge in [0.15, 0.2) is 0 Å². The maximum absolute atomic E-state index is 2.29. The van der Waals surface area contributed by atoms with Crippen LogP contribution in [0.3, 0.4) is 0 Å². The van der Waals surface area contributed by atoms with Crippen LogP contribution in [0.5, 0.6) is 0 Å². The van der Waals surface area contributed by atoms with Crippen LogP contribution in [-0.2, 0) is 0 Å². The molecule has 0 saturated carbocycles. The highest BCUT2D eigenvalue weighted by molar-refractivity contribution is 6.35. The number of allylic oxidation sites excluding steroid dienone is 2. The molecule has 0 saturated heterocycles. The van der Waals surface area contributed by atoms with Gasteiger partial charge in [-0.15, -0.1) is 0 Å². The minimum Gasteiger partial charge on any atom is -0.0917 e. The first-order chi connectivity index (χ1) is 3.91. The van der Waals surface area contributed by atoms with Crippen molar-refractivity contribution in [3.05, 3.63) is 12.2 Å². The number of hydrogen-bond acceptors (Lipinski definition) is 0. The summed E-state index contributed by atoms with van der Waals surface area (Å²) in [6, 6.07) is 2.97. The molecule has 0 unspecified atom stereocenters. The van der Waals surface area contributed by atoms with E-state index < -0.39 is 0 Å². The Labute approximate surface area is 54.8 Å². The molecule has 0 radical (unpaired) electrons. The van der Waals surface area contributed by atoms with Crippen molar-refractivity contribution in [3.8, 4) is 0 Å². The van der Waals surface area contributed by atoms with Gasteiger partial charge in [-0.05, 0) is 13.3 Å². The van der Waals surface area contributed by atoms with Crippen LogP contribution in [0.15, 0.2) is 12.2 Å². The van der Waals surface area contributed by atoms with E-state index in [9.17, 15) is 0 Å². The predicted molar refractivity (Wildman–Crippen MR) is 43.3 cm³/mol. The zero-order valence-electron chi connectivity index (χ0n) is 5.98. The molecule has 1 heteroatoms. The third-order valence-electron chi connectivity index (χ3n) is 1.21. The lowest BCUT2D eigenvalue weighted by atomic mass is 10.4. The number of rotatable bonds is 4. The first kappa shape index (κ1) is 7.96. The Morgan fingerprint density at radius 1 is 1.50 bits per heavy atom.